The van der Waals surface area contributed by atoms with Crippen LogP contribution in [0.5, 0.6) is 0 Å². The molecule has 6 heteroatoms. The number of halogens is 2. The van der Waals surface area contributed by atoms with E-state index in [4.69, 9.17) is 32.5 Å². The van der Waals surface area contributed by atoms with Gasteiger partial charge in [-0.05, 0) is 113 Å². The normalized spacial score (nSPS) is 16.9. The molecular weight excluding hydrogens is 440 g/mol. The average Bonchev–Trinajstić information content (AvgIpc) is 2.94. The van der Waals surface area contributed by atoms with Gasteiger partial charge in [0, 0.05) is 27.1 Å². The molecule has 1 aliphatic heterocycles. The molecule has 32 heavy (non-hydrogen) atoms. The number of anilines is 3. The number of nitrogens with zero attached hydrogens (tertiary/aromatic N) is 1. The van der Waals surface area contributed by atoms with Crippen molar-refractivity contribution in [2.75, 3.05) is 4.90 Å². The molecule has 0 spiro atoms. The Morgan fingerprint density at radius 1 is 0.688 bits per heavy atom. The Bertz CT molecular complexity index is 1070. The monoisotopic (exact) mass is 467 g/mol. The van der Waals surface area contributed by atoms with Gasteiger partial charge in [-0.15, -0.1) is 0 Å². The Hall–Kier alpha value is -1.98. The predicted octanol–water partition coefficient (Wildman–Crippen LogP) is 7.38. The fourth-order valence-corrected chi connectivity index (χ4v) is 4.15. The molecule has 0 atom stereocenters. The van der Waals surface area contributed by atoms with Crippen LogP contribution in [0.2, 0.25) is 10.0 Å². The van der Waals surface area contributed by atoms with Crippen LogP contribution in [-0.4, -0.2) is 18.3 Å². The van der Waals surface area contributed by atoms with E-state index in [0.29, 0.717) is 10.0 Å². The molecule has 0 N–H and O–H groups in total. The van der Waals surface area contributed by atoms with Crippen molar-refractivity contribution >= 4 is 52.8 Å². The lowest BCUT2D eigenvalue weighted by Crippen LogP contribution is -2.41. The molecule has 3 aromatic rings. The maximum absolute atomic E-state index is 6.32. The summed E-state index contributed by atoms with van der Waals surface area (Å²) in [6.07, 6.45) is 0. The van der Waals surface area contributed by atoms with E-state index in [1.165, 1.54) is 0 Å². The van der Waals surface area contributed by atoms with Crippen LogP contribution in [0.1, 0.15) is 38.8 Å². The minimum atomic E-state index is -0.396. The Morgan fingerprint density at radius 2 is 1.12 bits per heavy atom. The third-order valence-electron chi connectivity index (χ3n) is 6.50. The van der Waals surface area contributed by atoms with E-state index in [1.807, 2.05) is 48.5 Å². The number of aryl methyl sites for hydroxylation is 2. The molecule has 3 nitrogen and oxygen atoms in total. The number of rotatable bonds is 4. The van der Waals surface area contributed by atoms with Gasteiger partial charge in [-0.25, -0.2) is 0 Å². The zero-order valence-corrected chi connectivity index (χ0v) is 20.9. The quantitative estimate of drug-likeness (QED) is 0.373. The summed E-state index contributed by atoms with van der Waals surface area (Å²) in [5.74, 6) is 0. The lowest BCUT2D eigenvalue weighted by molar-refractivity contribution is 0.00578. The van der Waals surface area contributed by atoms with Gasteiger partial charge in [0.2, 0.25) is 0 Å². The van der Waals surface area contributed by atoms with Gasteiger partial charge < -0.3 is 14.2 Å². The standard InChI is InChI=1S/C26H28BCl2NO2/c1-17-16-24(18(2)15-23(17)27-31-25(3,4)26(5,6)32-27)30(21-11-7-19(28)8-12-21)22-13-9-20(29)10-14-22/h7-16H,1-6H3. The molecule has 0 bridgehead atoms. The maximum atomic E-state index is 6.32. The fraction of sp³-hybridized carbons (Fsp3) is 0.308. The number of hydrogen-bond acceptors (Lipinski definition) is 3. The lowest BCUT2D eigenvalue weighted by atomic mass is 9.75. The first-order valence-corrected chi connectivity index (χ1v) is 11.5. The third-order valence-corrected chi connectivity index (χ3v) is 7.01. The van der Waals surface area contributed by atoms with Gasteiger partial charge in [-0.2, -0.15) is 0 Å². The van der Waals surface area contributed by atoms with E-state index in [0.717, 1.165) is 33.7 Å². The Kier molecular flexibility index (Phi) is 6.10. The summed E-state index contributed by atoms with van der Waals surface area (Å²) in [7, 11) is -0.396. The molecule has 1 saturated heterocycles. The van der Waals surface area contributed by atoms with Crippen molar-refractivity contribution in [2.24, 2.45) is 0 Å². The molecule has 166 valence electrons. The summed E-state index contributed by atoms with van der Waals surface area (Å²) in [5.41, 5.74) is 5.63. The van der Waals surface area contributed by atoms with Crippen molar-refractivity contribution in [2.45, 2.75) is 52.7 Å². The van der Waals surface area contributed by atoms with Gasteiger partial charge in [0.25, 0.3) is 0 Å². The first-order valence-electron chi connectivity index (χ1n) is 10.8. The molecular formula is C26H28BCl2NO2. The van der Waals surface area contributed by atoms with Crippen LogP contribution in [0.4, 0.5) is 17.1 Å². The van der Waals surface area contributed by atoms with Crippen LogP contribution in [0.25, 0.3) is 0 Å². The second-order valence-electron chi connectivity index (χ2n) is 9.37. The van der Waals surface area contributed by atoms with Crippen LogP contribution >= 0.6 is 23.2 Å². The molecule has 0 radical (unpaired) electrons. The van der Waals surface area contributed by atoms with Crippen molar-refractivity contribution in [1.29, 1.82) is 0 Å². The highest BCUT2D eigenvalue weighted by Crippen LogP contribution is 2.39. The third kappa shape index (κ3) is 4.30. The Morgan fingerprint density at radius 3 is 1.56 bits per heavy atom. The zero-order chi connectivity index (χ0) is 23.3. The minimum Gasteiger partial charge on any atom is -0.399 e. The van der Waals surface area contributed by atoms with Crippen molar-refractivity contribution in [3.63, 3.8) is 0 Å². The van der Waals surface area contributed by atoms with E-state index in [2.05, 4.69) is 58.6 Å². The van der Waals surface area contributed by atoms with Crippen LogP contribution in [0.15, 0.2) is 60.7 Å². The molecule has 1 heterocycles. The van der Waals surface area contributed by atoms with Crippen molar-refractivity contribution in [3.05, 3.63) is 81.8 Å². The first kappa shape index (κ1) is 23.2. The summed E-state index contributed by atoms with van der Waals surface area (Å²) in [6, 6.07) is 20.1. The first-order chi connectivity index (χ1) is 15.0. The van der Waals surface area contributed by atoms with Crippen molar-refractivity contribution < 1.29 is 9.31 Å². The lowest BCUT2D eigenvalue weighted by Gasteiger charge is -2.32. The highest BCUT2D eigenvalue weighted by molar-refractivity contribution is 6.62. The summed E-state index contributed by atoms with van der Waals surface area (Å²) < 4.78 is 12.6. The van der Waals surface area contributed by atoms with Crippen LogP contribution in [0.3, 0.4) is 0 Å². The highest BCUT2D eigenvalue weighted by Gasteiger charge is 2.52. The minimum absolute atomic E-state index is 0.380. The van der Waals surface area contributed by atoms with Gasteiger partial charge in [0.05, 0.1) is 11.2 Å². The van der Waals surface area contributed by atoms with E-state index in [-0.39, 0.29) is 11.2 Å². The molecule has 0 aromatic heterocycles. The van der Waals surface area contributed by atoms with E-state index < -0.39 is 7.12 Å². The number of hydrogen-bond donors (Lipinski definition) is 0. The summed E-state index contributed by atoms with van der Waals surface area (Å²) in [4.78, 5) is 2.21. The molecule has 4 rings (SSSR count). The summed E-state index contributed by atoms with van der Waals surface area (Å²) >= 11 is 12.3. The van der Waals surface area contributed by atoms with Crippen molar-refractivity contribution in [1.82, 2.24) is 0 Å². The highest BCUT2D eigenvalue weighted by atomic mass is 35.5. The molecule has 1 aliphatic rings. The van der Waals surface area contributed by atoms with Crippen LogP contribution in [-0.2, 0) is 9.31 Å². The summed E-state index contributed by atoms with van der Waals surface area (Å²) in [6.45, 7) is 12.5. The average molecular weight is 468 g/mol. The Balaban J connectivity index is 1.80. The van der Waals surface area contributed by atoms with Gasteiger partial charge in [-0.3, -0.25) is 0 Å². The van der Waals surface area contributed by atoms with Crippen LogP contribution < -0.4 is 10.4 Å². The van der Waals surface area contributed by atoms with Gasteiger partial charge in [0.15, 0.2) is 0 Å². The van der Waals surface area contributed by atoms with Gasteiger partial charge in [-0.1, -0.05) is 29.3 Å². The van der Waals surface area contributed by atoms with Crippen molar-refractivity contribution in [3.8, 4) is 0 Å². The predicted molar refractivity (Wildman–Crippen MR) is 136 cm³/mol. The van der Waals surface area contributed by atoms with Gasteiger partial charge in [0.1, 0.15) is 0 Å². The van der Waals surface area contributed by atoms with E-state index in [9.17, 15) is 0 Å². The number of benzene rings is 3. The fourth-order valence-electron chi connectivity index (χ4n) is 3.90. The molecule has 0 amide bonds. The topological polar surface area (TPSA) is 21.7 Å². The molecule has 3 aromatic carbocycles. The second-order valence-corrected chi connectivity index (χ2v) is 10.2. The Labute approximate surface area is 201 Å². The van der Waals surface area contributed by atoms with Crippen LogP contribution in [0, 0.1) is 13.8 Å². The van der Waals surface area contributed by atoms with E-state index in [1.54, 1.807) is 0 Å². The smallest absolute Gasteiger partial charge is 0.399 e. The zero-order valence-electron chi connectivity index (χ0n) is 19.4. The maximum Gasteiger partial charge on any atom is 0.495 e. The molecule has 0 saturated carbocycles. The van der Waals surface area contributed by atoms with E-state index >= 15 is 0 Å². The second kappa shape index (κ2) is 8.42. The largest absolute Gasteiger partial charge is 0.495 e. The molecule has 0 unspecified atom stereocenters. The SMILES string of the molecule is Cc1cc(N(c2ccc(Cl)cc2)c2ccc(Cl)cc2)c(C)cc1B1OC(C)(C)C(C)(C)O1. The summed E-state index contributed by atoms with van der Waals surface area (Å²) in [5, 5.41) is 1.41. The molecule has 0 aliphatic carbocycles. The van der Waals surface area contributed by atoms with Gasteiger partial charge >= 0.3 is 7.12 Å². The molecule has 1 fully saturated rings.